The standard InChI is InChI=1S/C26H23ClN2O4S/c1-31-21-14-17(12-13-20(21)33-15-18-10-6-7-11-19(18)27)24-22(25(30)32-2)23(28-26(34)29-24)16-8-4-3-5-9-16/h3-14,24H,15H2,1-2H3,(H2,28,29,34)/t24-/m0/s1. The number of hydrogen-bond donors (Lipinski definition) is 2. The van der Waals surface area contributed by atoms with Gasteiger partial charge < -0.3 is 24.8 Å². The van der Waals surface area contributed by atoms with Gasteiger partial charge in [0.15, 0.2) is 16.6 Å². The molecule has 3 aromatic carbocycles. The molecule has 0 aliphatic carbocycles. The molecule has 6 nitrogen and oxygen atoms in total. The molecule has 0 amide bonds. The second-order valence-electron chi connectivity index (χ2n) is 7.47. The summed E-state index contributed by atoms with van der Waals surface area (Å²) in [6.45, 7) is 0.288. The van der Waals surface area contributed by atoms with Gasteiger partial charge in [-0.3, -0.25) is 0 Å². The van der Waals surface area contributed by atoms with E-state index in [0.717, 1.165) is 16.7 Å². The maximum atomic E-state index is 12.9. The molecule has 8 heteroatoms. The average Bonchev–Trinajstić information content (AvgIpc) is 2.87. The number of esters is 1. The molecule has 1 heterocycles. The second kappa shape index (κ2) is 10.6. The molecule has 1 aliphatic heterocycles. The number of methoxy groups -OCH3 is 2. The highest BCUT2D eigenvalue weighted by atomic mass is 35.5. The summed E-state index contributed by atoms with van der Waals surface area (Å²) in [5, 5.41) is 7.32. The van der Waals surface area contributed by atoms with Crippen molar-refractivity contribution in [2.24, 2.45) is 0 Å². The zero-order chi connectivity index (χ0) is 24.1. The Hall–Kier alpha value is -3.55. The summed E-state index contributed by atoms with van der Waals surface area (Å²) in [6, 6.07) is 21.9. The van der Waals surface area contributed by atoms with E-state index in [-0.39, 0.29) is 6.61 Å². The van der Waals surface area contributed by atoms with Crippen molar-refractivity contribution < 1.29 is 19.0 Å². The van der Waals surface area contributed by atoms with Crippen LogP contribution in [0.4, 0.5) is 0 Å². The highest BCUT2D eigenvalue weighted by Gasteiger charge is 2.33. The molecule has 0 radical (unpaired) electrons. The van der Waals surface area contributed by atoms with Gasteiger partial charge in [-0.1, -0.05) is 66.2 Å². The van der Waals surface area contributed by atoms with Crippen molar-refractivity contribution in [2.45, 2.75) is 12.6 Å². The molecule has 0 spiro atoms. The molecule has 0 unspecified atom stereocenters. The van der Waals surface area contributed by atoms with Crippen LogP contribution in [0.3, 0.4) is 0 Å². The number of benzene rings is 3. The Morgan fingerprint density at radius 1 is 1.00 bits per heavy atom. The van der Waals surface area contributed by atoms with Gasteiger partial charge in [0.05, 0.1) is 31.5 Å². The van der Waals surface area contributed by atoms with Gasteiger partial charge in [-0.25, -0.2) is 4.79 Å². The van der Waals surface area contributed by atoms with Crippen molar-refractivity contribution in [2.75, 3.05) is 14.2 Å². The number of rotatable bonds is 7. The van der Waals surface area contributed by atoms with Gasteiger partial charge in [-0.2, -0.15) is 0 Å². The van der Waals surface area contributed by atoms with E-state index in [9.17, 15) is 4.79 Å². The zero-order valence-electron chi connectivity index (χ0n) is 18.6. The molecular formula is C26H23ClN2O4S. The van der Waals surface area contributed by atoms with Gasteiger partial charge in [-0.15, -0.1) is 0 Å². The number of halogens is 1. The van der Waals surface area contributed by atoms with E-state index >= 15 is 0 Å². The SMILES string of the molecule is COC(=O)C1=C(c2ccccc2)NC(=S)N[C@H]1c1ccc(OCc2ccccc2Cl)c(OC)c1. The minimum Gasteiger partial charge on any atom is -0.493 e. The number of carbonyl (C=O) groups excluding carboxylic acids is 1. The fraction of sp³-hybridized carbons (Fsp3) is 0.154. The van der Waals surface area contributed by atoms with Gasteiger partial charge in [0.2, 0.25) is 0 Å². The second-order valence-corrected chi connectivity index (χ2v) is 8.28. The third kappa shape index (κ3) is 5.00. The molecule has 0 saturated carbocycles. The number of thiocarbonyl (C=S) groups is 1. The van der Waals surface area contributed by atoms with Crippen LogP contribution in [0, 0.1) is 0 Å². The summed E-state index contributed by atoms with van der Waals surface area (Å²) in [4.78, 5) is 12.9. The number of nitrogens with one attached hydrogen (secondary N) is 2. The van der Waals surface area contributed by atoms with Crippen molar-refractivity contribution >= 4 is 40.6 Å². The Kier molecular flexibility index (Phi) is 7.35. The average molecular weight is 495 g/mol. The molecule has 1 atom stereocenters. The van der Waals surface area contributed by atoms with E-state index < -0.39 is 12.0 Å². The molecule has 174 valence electrons. The van der Waals surface area contributed by atoms with Crippen LogP contribution in [0.15, 0.2) is 78.4 Å². The number of ether oxygens (including phenoxy) is 3. The van der Waals surface area contributed by atoms with Crippen molar-refractivity contribution in [3.05, 3.63) is 100 Å². The van der Waals surface area contributed by atoms with Gasteiger partial charge in [0, 0.05) is 10.6 Å². The molecule has 0 aromatic heterocycles. The first kappa shape index (κ1) is 23.6. The predicted octanol–water partition coefficient (Wildman–Crippen LogP) is 5.03. The van der Waals surface area contributed by atoms with Gasteiger partial charge >= 0.3 is 5.97 Å². The third-order valence-electron chi connectivity index (χ3n) is 5.40. The Morgan fingerprint density at radius 3 is 2.44 bits per heavy atom. The van der Waals surface area contributed by atoms with Crippen LogP contribution in [0.5, 0.6) is 11.5 Å². The van der Waals surface area contributed by atoms with E-state index in [1.54, 1.807) is 13.2 Å². The Bertz CT molecular complexity index is 1250. The fourth-order valence-electron chi connectivity index (χ4n) is 3.73. The Balaban J connectivity index is 1.71. The first-order chi connectivity index (χ1) is 16.5. The van der Waals surface area contributed by atoms with E-state index in [1.165, 1.54) is 7.11 Å². The summed E-state index contributed by atoms with van der Waals surface area (Å²) < 4.78 is 16.7. The van der Waals surface area contributed by atoms with Gasteiger partial charge in [0.25, 0.3) is 0 Å². The number of carbonyl (C=O) groups is 1. The molecule has 0 bridgehead atoms. The van der Waals surface area contributed by atoms with Crippen molar-refractivity contribution in [3.8, 4) is 11.5 Å². The lowest BCUT2D eigenvalue weighted by Crippen LogP contribution is -2.45. The largest absolute Gasteiger partial charge is 0.493 e. The molecule has 2 N–H and O–H groups in total. The van der Waals surface area contributed by atoms with Crippen LogP contribution in [0.1, 0.15) is 22.7 Å². The van der Waals surface area contributed by atoms with E-state index in [4.69, 9.17) is 38.0 Å². The Labute approximate surface area is 208 Å². The van der Waals surface area contributed by atoms with Crippen LogP contribution < -0.4 is 20.1 Å². The quantitative estimate of drug-likeness (QED) is 0.352. The first-order valence-corrected chi connectivity index (χ1v) is 11.3. The highest BCUT2D eigenvalue weighted by molar-refractivity contribution is 7.80. The predicted molar refractivity (Wildman–Crippen MR) is 136 cm³/mol. The molecule has 34 heavy (non-hydrogen) atoms. The fourth-order valence-corrected chi connectivity index (χ4v) is 4.14. The van der Waals surface area contributed by atoms with Crippen LogP contribution in [-0.2, 0) is 16.1 Å². The number of hydrogen-bond acceptors (Lipinski definition) is 5. The third-order valence-corrected chi connectivity index (χ3v) is 5.99. The minimum absolute atomic E-state index is 0.288. The van der Waals surface area contributed by atoms with Gasteiger partial charge in [-0.05, 0) is 41.5 Å². The van der Waals surface area contributed by atoms with Gasteiger partial charge in [0.1, 0.15) is 6.61 Å². The molecule has 3 aromatic rings. The van der Waals surface area contributed by atoms with Crippen molar-refractivity contribution in [3.63, 3.8) is 0 Å². The molecule has 0 saturated heterocycles. The molecule has 0 fully saturated rings. The monoisotopic (exact) mass is 494 g/mol. The minimum atomic E-state index is -0.553. The summed E-state index contributed by atoms with van der Waals surface area (Å²) in [6.07, 6.45) is 0. The summed E-state index contributed by atoms with van der Waals surface area (Å²) in [5.41, 5.74) is 3.46. The summed E-state index contributed by atoms with van der Waals surface area (Å²) >= 11 is 11.7. The molecule has 1 aliphatic rings. The Morgan fingerprint density at radius 2 is 1.74 bits per heavy atom. The summed E-state index contributed by atoms with van der Waals surface area (Å²) in [7, 11) is 2.92. The van der Waals surface area contributed by atoms with Crippen LogP contribution >= 0.6 is 23.8 Å². The van der Waals surface area contributed by atoms with Crippen LogP contribution in [0.2, 0.25) is 5.02 Å². The topological polar surface area (TPSA) is 68.8 Å². The smallest absolute Gasteiger partial charge is 0.338 e. The van der Waals surface area contributed by atoms with Crippen molar-refractivity contribution in [1.29, 1.82) is 0 Å². The van der Waals surface area contributed by atoms with E-state index in [0.29, 0.717) is 32.9 Å². The van der Waals surface area contributed by atoms with E-state index in [2.05, 4.69) is 10.6 Å². The molecule has 4 rings (SSSR count). The normalized spacial score (nSPS) is 15.3. The first-order valence-electron chi connectivity index (χ1n) is 10.5. The lowest BCUT2D eigenvalue weighted by molar-refractivity contribution is -0.136. The lowest BCUT2D eigenvalue weighted by Gasteiger charge is -2.31. The summed E-state index contributed by atoms with van der Waals surface area (Å²) in [5.74, 6) is 0.597. The van der Waals surface area contributed by atoms with Crippen LogP contribution in [0.25, 0.3) is 5.70 Å². The zero-order valence-corrected chi connectivity index (χ0v) is 20.2. The highest BCUT2D eigenvalue weighted by Crippen LogP contribution is 2.37. The maximum Gasteiger partial charge on any atom is 0.338 e. The van der Waals surface area contributed by atoms with E-state index in [1.807, 2.05) is 66.7 Å². The molecular weight excluding hydrogens is 472 g/mol. The lowest BCUT2D eigenvalue weighted by atomic mass is 9.92. The maximum absolute atomic E-state index is 12.9. The van der Waals surface area contributed by atoms with Crippen LogP contribution in [-0.4, -0.2) is 25.3 Å². The van der Waals surface area contributed by atoms with Crippen molar-refractivity contribution in [1.82, 2.24) is 10.6 Å².